The number of pyridine rings is 1. The van der Waals surface area contributed by atoms with Gasteiger partial charge in [-0.05, 0) is 36.8 Å². The lowest BCUT2D eigenvalue weighted by molar-refractivity contribution is -0.116. The maximum Gasteiger partial charge on any atom is 0.228 e. The van der Waals surface area contributed by atoms with Gasteiger partial charge in [-0.3, -0.25) is 4.79 Å². The molecule has 0 aliphatic rings. The quantitative estimate of drug-likeness (QED) is 0.895. The number of amides is 1. The number of anilines is 1. The monoisotopic (exact) mass is 256 g/mol. The van der Waals surface area contributed by atoms with Crippen molar-refractivity contribution in [1.82, 2.24) is 4.98 Å². The molecule has 0 spiro atoms. The highest BCUT2D eigenvalue weighted by molar-refractivity contribution is 5.89. The van der Waals surface area contributed by atoms with Gasteiger partial charge in [-0.25, -0.2) is 4.98 Å². The van der Waals surface area contributed by atoms with Crippen LogP contribution in [0.3, 0.4) is 0 Å². The Hall–Kier alpha value is -2.36. The van der Waals surface area contributed by atoms with Crippen LogP contribution in [0.15, 0.2) is 48.7 Å². The minimum Gasteiger partial charge on any atom is -0.493 e. The van der Waals surface area contributed by atoms with Crippen LogP contribution in [0.2, 0.25) is 0 Å². The molecule has 1 heterocycles. The summed E-state index contributed by atoms with van der Waals surface area (Å²) >= 11 is 0. The number of hydrogen-bond donors (Lipinski definition) is 1. The Balaban J connectivity index is 1.76. The van der Waals surface area contributed by atoms with Crippen molar-refractivity contribution in [2.45, 2.75) is 13.3 Å². The number of benzene rings is 1. The van der Waals surface area contributed by atoms with Crippen LogP contribution >= 0.6 is 0 Å². The topological polar surface area (TPSA) is 51.2 Å². The van der Waals surface area contributed by atoms with Crippen LogP contribution in [0, 0.1) is 6.92 Å². The first-order valence-electron chi connectivity index (χ1n) is 6.14. The number of nitrogens with one attached hydrogen (secondary N) is 1. The molecule has 2 aromatic rings. The number of rotatable bonds is 5. The molecule has 0 atom stereocenters. The van der Waals surface area contributed by atoms with Crippen LogP contribution in [-0.2, 0) is 4.79 Å². The molecule has 1 N–H and O–H groups in total. The van der Waals surface area contributed by atoms with Crippen molar-refractivity contribution < 1.29 is 9.53 Å². The van der Waals surface area contributed by atoms with Gasteiger partial charge in [-0.2, -0.15) is 0 Å². The highest BCUT2D eigenvalue weighted by atomic mass is 16.5. The van der Waals surface area contributed by atoms with Crippen molar-refractivity contribution >= 4 is 11.7 Å². The number of ether oxygens (including phenoxy) is 1. The van der Waals surface area contributed by atoms with E-state index < -0.39 is 0 Å². The van der Waals surface area contributed by atoms with Crippen LogP contribution < -0.4 is 10.1 Å². The van der Waals surface area contributed by atoms with Gasteiger partial charge in [-0.1, -0.05) is 18.2 Å². The van der Waals surface area contributed by atoms with Gasteiger partial charge in [0.2, 0.25) is 5.91 Å². The first kappa shape index (κ1) is 13.1. The second-order valence-corrected chi connectivity index (χ2v) is 4.18. The number of hydrogen-bond acceptors (Lipinski definition) is 3. The standard InChI is InChI=1S/C15H16N2O2/c1-12-7-9-16-14(11-12)17-15(18)8-10-19-13-5-3-2-4-6-13/h2-7,9,11H,8,10H2,1H3,(H,16,17,18). The van der Waals surface area contributed by atoms with Gasteiger partial charge >= 0.3 is 0 Å². The number of carbonyl (C=O) groups is 1. The van der Waals surface area contributed by atoms with Crippen molar-refractivity contribution in [2.75, 3.05) is 11.9 Å². The molecule has 0 fully saturated rings. The van der Waals surface area contributed by atoms with Gasteiger partial charge in [0, 0.05) is 6.20 Å². The molecule has 0 aliphatic carbocycles. The zero-order valence-corrected chi connectivity index (χ0v) is 10.8. The molecular weight excluding hydrogens is 240 g/mol. The Morgan fingerprint density at radius 1 is 1.26 bits per heavy atom. The van der Waals surface area contributed by atoms with Crippen molar-refractivity contribution in [3.05, 3.63) is 54.2 Å². The molecule has 0 radical (unpaired) electrons. The molecule has 4 heteroatoms. The first-order chi connectivity index (χ1) is 9.24. The predicted octanol–water partition coefficient (Wildman–Crippen LogP) is 2.80. The van der Waals surface area contributed by atoms with Crippen LogP contribution in [0.5, 0.6) is 5.75 Å². The van der Waals surface area contributed by atoms with Gasteiger partial charge in [0.15, 0.2) is 0 Å². The van der Waals surface area contributed by atoms with E-state index in [1.807, 2.05) is 49.4 Å². The first-order valence-corrected chi connectivity index (χ1v) is 6.14. The van der Waals surface area contributed by atoms with E-state index in [0.717, 1.165) is 11.3 Å². The largest absolute Gasteiger partial charge is 0.493 e. The second kappa shape index (κ2) is 6.54. The van der Waals surface area contributed by atoms with E-state index >= 15 is 0 Å². The summed E-state index contributed by atoms with van der Waals surface area (Å²) in [5, 5.41) is 2.74. The van der Waals surface area contributed by atoms with E-state index in [1.54, 1.807) is 6.20 Å². The maximum absolute atomic E-state index is 11.7. The normalized spacial score (nSPS) is 9.95. The fourth-order valence-corrected chi connectivity index (χ4v) is 1.59. The molecule has 0 saturated heterocycles. The third kappa shape index (κ3) is 4.43. The fraction of sp³-hybridized carbons (Fsp3) is 0.200. The molecule has 0 aliphatic heterocycles. The highest BCUT2D eigenvalue weighted by Crippen LogP contribution is 2.09. The average molecular weight is 256 g/mol. The lowest BCUT2D eigenvalue weighted by Crippen LogP contribution is -2.16. The molecule has 0 bridgehead atoms. The molecule has 98 valence electrons. The summed E-state index contributed by atoms with van der Waals surface area (Å²) in [6, 6.07) is 13.1. The smallest absolute Gasteiger partial charge is 0.228 e. The maximum atomic E-state index is 11.7. The fourth-order valence-electron chi connectivity index (χ4n) is 1.59. The summed E-state index contributed by atoms with van der Waals surface area (Å²) in [7, 11) is 0. The van der Waals surface area contributed by atoms with Crippen LogP contribution in [-0.4, -0.2) is 17.5 Å². The van der Waals surface area contributed by atoms with Gasteiger partial charge in [-0.15, -0.1) is 0 Å². The van der Waals surface area contributed by atoms with Crippen LogP contribution in [0.1, 0.15) is 12.0 Å². The molecule has 4 nitrogen and oxygen atoms in total. The van der Waals surface area contributed by atoms with Crippen molar-refractivity contribution in [3.63, 3.8) is 0 Å². The molecule has 2 rings (SSSR count). The number of aromatic nitrogens is 1. The molecule has 1 aromatic heterocycles. The Kier molecular flexibility index (Phi) is 4.50. The van der Waals surface area contributed by atoms with Gasteiger partial charge in [0.1, 0.15) is 11.6 Å². The molecule has 0 unspecified atom stereocenters. The molecule has 1 aromatic carbocycles. The van der Waals surface area contributed by atoms with Gasteiger partial charge < -0.3 is 10.1 Å². The zero-order chi connectivity index (χ0) is 13.5. The van der Waals surface area contributed by atoms with Gasteiger partial charge in [0.25, 0.3) is 0 Å². The predicted molar refractivity (Wildman–Crippen MR) is 74.2 cm³/mol. The Labute approximate surface area is 112 Å². The zero-order valence-electron chi connectivity index (χ0n) is 10.8. The van der Waals surface area contributed by atoms with Crippen molar-refractivity contribution in [3.8, 4) is 5.75 Å². The molecule has 1 amide bonds. The van der Waals surface area contributed by atoms with E-state index in [2.05, 4.69) is 10.3 Å². The number of carbonyl (C=O) groups excluding carboxylic acids is 1. The number of nitrogens with zero attached hydrogens (tertiary/aromatic N) is 1. The Morgan fingerprint density at radius 3 is 2.79 bits per heavy atom. The van der Waals surface area contributed by atoms with Crippen molar-refractivity contribution in [1.29, 1.82) is 0 Å². The van der Waals surface area contributed by atoms with E-state index in [1.165, 1.54) is 0 Å². The SMILES string of the molecule is Cc1ccnc(NC(=O)CCOc2ccccc2)c1. The van der Waals surface area contributed by atoms with E-state index in [-0.39, 0.29) is 5.91 Å². The number of aryl methyl sites for hydroxylation is 1. The van der Waals surface area contributed by atoms with E-state index in [9.17, 15) is 4.79 Å². The summed E-state index contributed by atoms with van der Waals surface area (Å²) in [4.78, 5) is 15.8. The van der Waals surface area contributed by atoms with Crippen LogP contribution in [0.25, 0.3) is 0 Å². The van der Waals surface area contributed by atoms with Crippen LogP contribution in [0.4, 0.5) is 5.82 Å². The Morgan fingerprint density at radius 2 is 2.05 bits per heavy atom. The third-order valence-corrected chi connectivity index (χ3v) is 2.52. The summed E-state index contributed by atoms with van der Waals surface area (Å²) in [5.41, 5.74) is 1.06. The average Bonchev–Trinajstić information content (AvgIpc) is 2.40. The lowest BCUT2D eigenvalue weighted by atomic mass is 10.3. The summed E-state index contributed by atoms with van der Waals surface area (Å²) in [6.45, 7) is 2.30. The summed E-state index contributed by atoms with van der Waals surface area (Å²) in [6.07, 6.45) is 1.97. The molecular formula is C15H16N2O2. The second-order valence-electron chi connectivity index (χ2n) is 4.18. The summed E-state index contributed by atoms with van der Waals surface area (Å²) < 4.78 is 5.46. The third-order valence-electron chi connectivity index (χ3n) is 2.52. The minimum absolute atomic E-state index is 0.103. The van der Waals surface area contributed by atoms with E-state index in [0.29, 0.717) is 18.8 Å². The Bertz CT molecular complexity index is 541. The highest BCUT2D eigenvalue weighted by Gasteiger charge is 2.03. The molecule has 0 saturated carbocycles. The van der Waals surface area contributed by atoms with Crippen molar-refractivity contribution in [2.24, 2.45) is 0 Å². The minimum atomic E-state index is -0.103. The molecule has 19 heavy (non-hydrogen) atoms. The summed E-state index contributed by atoms with van der Waals surface area (Å²) in [5.74, 6) is 1.24. The lowest BCUT2D eigenvalue weighted by Gasteiger charge is -2.07. The van der Waals surface area contributed by atoms with E-state index in [4.69, 9.17) is 4.74 Å². The number of para-hydroxylation sites is 1. The van der Waals surface area contributed by atoms with Gasteiger partial charge in [0.05, 0.1) is 13.0 Å².